The van der Waals surface area contributed by atoms with Gasteiger partial charge in [-0.05, 0) is 62.8 Å². The van der Waals surface area contributed by atoms with Crippen LogP contribution in [0.3, 0.4) is 0 Å². The summed E-state index contributed by atoms with van der Waals surface area (Å²) >= 11 is 0. The maximum absolute atomic E-state index is 12.1. The number of carbonyl (C=O) groups is 1. The number of rotatable bonds is 15. The van der Waals surface area contributed by atoms with E-state index in [1.54, 1.807) is 0 Å². The van der Waals surface area contributed by atoms with Crippen LogP contribution in [0.15, 0.2) is 54.6 Å². The molecular formula is C28H39N3O2. The fourth-order valence-corrected chi connectivity index (χ4v) is 4.24. The number of benzene rings is 2. The summed E-state index contributed by atoms with van der Waals surface area (Å²) in [5, 5.41) is 3.10. The maximum atomic E-state index is 12.1. The van der Waals surface area contributed by atoms with Crippen molar-refractivity contribution in [2.24, 2.45) is 5.92 Å². The molecule has 0 spiro atoms. The number of unbranched alkanes of at least 4 members (excludes halogenated alkanes) is 3. The number of para-hydroxylation sites is 3. The van der Waals surface area contributed by atoms with Gasteiger partial charge >= 0.3 is 0 Å². The second-order valence-electron chi connectivity index (χ2n) is 8.65. The monoisotopic (exact) mass is 449 g/mol. The largest absolute Gasteiger partial charge is 0.494 e. The Morgan fingerprint density at radius 1 is 0.939 bits per heavy atom. The number of nitrogens with one attached hydrogen (secondary N) is 1. The fourth-order valence-electron chi connectivity index (χ4n) is 4.24. The van der Waals surface area contributed by atoms with Gasteiger partial charge in [0, 0.05) is 25.4 Å². The quantitative estimate of drug-likeness (QED) is 0.283. The third kappa shape index (κ3) is 7.62. The van der Waals surface area contributed by atoms with Crippen LogP contribution in [-0.2, 0) is 17.8 Å². The zero-order valence-electron chi connectivity index (χ0n) is 20.3. The van der Waals surface area contributed by atoms with E-state index in [1.165, 1.54) is 11.3 Å². The second kappa shape index (κ2) is 13.7. The van der Waals surface area contributed by atoms with Gasteiger partial charge in [-0.2, -0.15) is 0 Å². The van der Waals surface area contributed by atoms with Gasteiger partial charge in [-0.15, -0.1) is 0 Å². The van der Waals surface area contributed by atoms with Crippen molar-refractivity contribution in [2.45, 2.75) is 71.8 Å². The Morgan fingerprint density at radius 3 is 2.48 bits per heavy atom. The van der Waals surface area contributed by atoms with Crippen LogP contribution < -0.4 is 10.1 Å². The molecule has 0 aliphatic carbocycles. The van der Waals surface area contributed by atoms with E-state index >= 15 is 0 Å². The van der Waals surface area contributed by atoms with Gasteiger partial charge in [-0.3, -0.25) is 4.79 Å². The van der Waals surface area contributed by atoms with Crippen LogP contribution in [-0.4, -0.2) is 28.6 Å². The molecule has 0 aliphatic heterocycles. The van der Waals surface area contributed by atoms with Crippen LogP contribution in [0.4, 0.5) is 0 Å². The molecule has 33 heavy (non-hydrogen) atoms. The molecule has 3 rings (SSSR count). The smallest absolute Gasteiger partial charge is 0.223 e. The molecule has 0 unspecified atom stereocenters. The predicted octanol–water partition coefficient (Wildman–Crippen LogP) is 6.16. The van der Waals surface area contributed by atoms with Gasteiger partial charge in [0.15, 0.2) is 0 Å². The number of imidazole rings is 1. The number of aromatic nitrogens is 2. The highest BCUT2D eigenvalue weighted by Crippen LogP contribution is 2.19. The Labute approximate surface area is 198 Å². The number of hydrogen-bond donors (Lipinski definition) is 1. The summed E-state index contributed by atoms with van der Waals surface area (Å²) in [6.07, 6.45) is 8.06. The molecule has 0 bridgehead atoms. The molecule has 1 N–H and O–H groups in total. The van der Waals surface area contributed by atoms with E-state index in [2.05, 4.69) is 48.0 Å². The first-order valence-electron chi connectivity index (χ1n) is 12.6. The minimum Gasteiger partial charge on any atom is -0.494 e. The first-order chi connectivity index (χ1) is 16.2. The van der Waals surface area contributed by atoms with Crippen molar-refractivity contribution in [3.63, 3.8) is 0 Å². The molecule has 5 heteroatoms. The average molecular weight is 450 g/mol. The van der Waals surface area contributed by atoms with E-state index in [-0.39, 0.29) is 11.8 Å². The summed E-state index contributed by atoms with van der Waals surface area (Å²) in [5.41, 5.74) is 2.29. The maximum Gasteiger partial charge on any atom is 0.223 e. The third-order valence-electron chi connectivity index (χ3n) is 6.25. The minimum absolute atomic E-state index is 0.156. The Hall–Kier alpha value is -2.82. The van der Waals surface area contributed by atoms with Gasteiger partial charge in [-0.1, -0.05) is 50.6 Å². The van der Waals surface area contributed by atoms with Gasteiger partial charge in [0.25, 0.3) is 0 Å². The fraction of sp³-hybridized carbons (Fsp3) is 0.500. The van der Waals surface area contributed by atoms with E-state index in [9.17, 15) is 4.79 Å². The molecule has 5 nitrogen and oxygen atoms in total. The van der Waals surface area contributed by atoms with Gasteiger partial charge in [-0.25, -0.2) is 4.98 Å². The van der Waals surface area contributed by atoms with Crippen molar-refractivity contribution >= 4 is 16.9 Å². The summed E-state index contributed by atoms with van der Waals surface area (Å²) in [4.78, 5) is 17.0. The van der Waals surface area contributed by atoms with Crippen molar-refractivity contribution in [3.05, 3.63) is 60.4 Å². The highest BCUT2D eigenvalue weighted by molar-refractivity contribution is 5.78. The molecule has 0 fully saturated rings. The molecule has 178 valence electrons. The van der Waals surface area contributed by atoms with Crippen LogP contribution in [0.5, 0.6) is 5.75 Å². The minimum atomic E-state index is 0.156. The Balaban J connectivity index is 1.43. The summed E-state index contributed by atoms with van der Waals surface area (Å²) in [6, 6.07) is 18.4. The zero-order valence-corrected chi connectivity index (χ0v) is 20.3. The Kier molecular flexibility index (Phi) is 10.3. The lowest BCUT2D eigenvalue weighted by Gasteiger charge is -2.12. The third-order valence-corrected chi connectivity index (χ3v) is 6.25. The molecule has 1 amide bonds. The Bertz CT molecular complexity index is 964. The molecule has 1 aromatic heterocycles. The summed E-state index contributed by atoms with van der Waals surface area (Å²) in [6.45, 7) is 6.62. The van der Waals surface area contributed by atoms with Crippen LogP contribution in [0.25, 0.3) is 11.0 Å². The van der Waals surface area contributed by atoms with Gasteiger partial charge < -0.3 is 14.6 Å². The Morgan fingerprint density at radius 2 is 1.70 bits per heavy atom. The molecular weight excluding hydrogens is 410 g/mol. The summed E-state index contributed by atoms with van der Waals surface area (Å²) in [7, 11) is 0. The topological polar surface area (TPSA) is 56.2 Å². The van der Waals surface area contributed by atoms with Crippen LogP contribution in [0.1, 0.15) is 64.6 Å². The molecule has 2 aromatic carbocycles. The number of fused-ring (bicyclic) bond motifs is 1. The first kappa shape index (κ1) is 24.8. The molecule has 1 heterocycles. The second-order valence-corrected chi connectivity index (χ2v) is 8.65. The normalized spacial score (nSPS) is 11.2. The van der Waals surface area contributed by atoms with Crippen LogP contribution in [0.2, 0.25) is 0 Å². The van der Waals surface area contributed by atoms with E-state index in [0.29, 0.717) is 0 Å². The number of hydrogen-bond acceptors (Lipinski definition) is 3. The van der Waals surface area contributed by atoms with Crippen molar-refractivity contribution in [1.82, 2.24) is 14.9 Å². The lowest BCUT2D eigenvalue weighted by atomic mass is 10.0. The predicted molar refractivity (Wildman–Crippen MR) is 136 cm³/mol. The van der Waals surface area contributed by atoms with E-state index in [0.717, 1.165) is 82.3 Å². The van der Waals surface area contributed by atoms with E-state index in [4.69, 9.17) is 9.72 Å². The van der Waals surface area contributed by atoms with E-state index in [1.807, 2.05) is 30.3 Å². The molecule has 0 atom stereocenters. The molecule has 0 saturated carbocycles. The lowest BCUT2D eigenvalue weighted by Crippen LogP contribution is -2.30. The van der Waals surface area contributed by atoms with Crippen molar-refractivity contribution in [3.8, 4) is 5.75 Å². The zero-order chi connectivity index (χ0) is 23.3. The van der Waals surface area contributed by atoms with Crippen LogP contribution in [0, 0.1) is 5.92 Å². The van der Waals surface area contributed by atoms with Crippen molar-refractivity contribution in [2.75, 3.05) is 13.2 Å². The lowest BCUT2D eigenvalue weighted by molar-refractivity contribution is -0.125. The number of aryl methyl sites for hydroxylation is 2. The number of nitrogens with zero attached hydrogens (tertiary/aromatic N) is 2. The van der Waals surface area contributed by atoms with Crippen molar-refractivity contribution in [1.29, 1.82) is 0 Å². The summed E-state index contributed by atoms with van der Waals surface area (Å²) < 4.78 is 8.22. The number of ether oxygens (including phenoxy) is 1. The summed E-state index contributed by atoms with van der Waals surface area (Å²) in [5.74, 6) is 2.46. The number of carbonyl (C=O) groups excluding carboxylic acids is 1. The number of amides is 1. The van der Waals surface area contributed by atoms with Gasteiger partial charge in [0.1, 0.15) is 11.6 Å². The standard InChI is InChI=1S/C28H39N3O2/c1-3-23(4-2)28(32)29-20-12-6-9-19-27-30-25-17-10-11-18-26(25)31(27)21-13-14-22-33-24-15-7-5-8-16-24/h5,7-8,10-11,15-18,23H,3-4,6,9,12-14,19-22H2,1-2H3,(H,29,32). The molecule has 3 aromatic rings. The first-order valence-corrected chi connectivity index (χ1v) is 12.6. The highest BCUT2D eigenvalue weighted by atomic mass is 16.5. The molecule has 0 aliphatic rings. The highest BCUT2D eigenvalue weighted by Gasteiger charge is 2.13. The molecule has 0 saturated heterocycles. The van der Waals surface area contributed by atoms with Crippen LogP contribution >= 0.6 is 0 Å². The molecule has 0 radical (unpaired) electrons. The SMILES string of the molecule is CCC(CC)C(=O)NCCCCCc1nc2ccccc2n1CCCCOc1ccccc1. The van der Waals surface area contributed by atoms with Gasteiger partial charge in [0.2, 0.25) is 5.91 Å². The van der Waals surface area contributed by atoms with Crippen molar-refractivity contribution < 1.29 is 9.53 Å². The average Bonchev–Trinajstić information content (AvgIpc) is 3.20. The van der Waals surface area contributed by atoms with E-state index < -0.39 is 0 Å². The van der Waals surface area contributed by atoms with Gasteiger partial charge in [0.05, 0.1) is 17.6 Å².